The van der Waals surface area contributed by atoms with Crippen LogP contribution in [0.1, 0.15) is 58.4 Å². The van der Waals surface area contributed by atoms with Crippen LogP contribution in [0, 0.1) is 0 Å². The zero-order valence-corrected chi connectivity index (χ0v) is 19.9. The Kier molecular flexibility index (Phi) is 10.9. The number of carbonyl (C=O) groups is 2. The number of likely N-dealkylation sites (tertiary alicyclic amines) is 1. The lowest BCUT2D eigenvalue weighted by Gasteiger charge is -2.19. The number of hydrogen-bond donors (Lipinski definition) is 2. The molecule has 0 saturated carbocycles. The lowest BCUT2D eigenvalue weighted by Crippen LogP contribution is -2.42. The van der Waals surface area contributed by atoms with Gasteiger partial charge in [0, 0.05) is 20.1 Å². The van der Waals surface area contributed by atoms with Crippen LogP contribution in [-0.2, 0) is 23.2 Å². The van der Waals surface area contributed by atoms with E-state index in [0.29, 0.717) is 13.1 Å². The molecule has 32 heavy (non-hydrogen) atoms. The SMILES string of the molecule is C/C=C(/C)CC.C1CCNC1.Cn1nnc2cc(CNC(=O)[C@@H]3CCCN3C=O)ccc21. The summed E-state index contributed by atoms with van der Waals surface area (Å²) in [5.41, 5.74) is 4.19. The average Bonchev–Trinajstić information content (AvgIpc) is 3.60. The van der Waals surface area contributed by atoms with Gasteiger partial charge in [0.2, 0.25) is 12.3 Å². The van der Waals surface area contributed by atoms with E-state index in [1.807, 2.05) is 25.2 Å². The van der Waals surface area contributed by atoms with Crippen LogP contribution in [0.25, 0.3) is 11.0 Å². The number of allylic oxidation sites excluding steroid dienone is 2. The Balaban J connectivity index is 0.000000272. The van der Waals surface area contributed by atoms with Crippen LogP contribution >= 0.6 is 0 Å². The third-order valence-electron chi connectivity index (χ3n) is 5.88. The van der Waals surface area contributed by atoms with E-state index in [4.69, 9.17) is 0 Å². The van der Waals surface area contributed by atoms with Gasteiger partial charge in [-0.05, 0) is 76.7 Å². The summed E-state index contributed by atoms with van der Waals surface area (Å²) in [4.78, 5) is 24.5. The van der Waals surface area contributed by atoms with Gasteiger partial charge in [-0.2, -0.15) is 0 Å². The van der Waals surface area contributed by atoms with Crippen LogP contribution in [0.2, 0.25) is 0 Å². The van der Waals surface area contributed by atoms with E-state index < -0.39 is 0 Å². The minimum Gasteiger partial charge on any atom is -0.350 e. The first-order valence-electron chi connectivity index (χ1n) is 11.6. The Morgan fingerprint density at radius 3 is 2.59 bits per heavy atom. The van der Waals surface area contributed by atoms with Crippen molar-refractivity contribution in [2.24, 2.45) is 7.05 Å². The van der Waals surface area contributed by atoms with E-state index in [0.717, 1.165) is 35.8 Å². The van der Waals surface area contributed by atoms with Crippen molar-refractivity contribution in [2.45, 2.75) is 65.5 Å². The molecule has 3 heterocycles. The number of benzene rings is 1. The van der Waals surface area contributed by atoms with Gasteiger partial charge in [0.25, 0.3) is 0 Å². The number of fused-ring (bicyclic) bond motifs is 1. The molecule has 1 aromatic heterocycles. The van der Waals surface area contributed by atoms with Gasteiger partial charge >= 0.3 is 0 Å². The highest BCUT2D eigenvalue weighted by Gasteiger charge is 2.29. The molecule has 2 aromatic rings. The minimum absolute atomic E-state index is 0.0983. The van der Waals surface area contributed by atoms with Gasteiger partial charge in [0.05, 0.1) is 5.52 Å². The summed E-state index contributed by atoms with van der Waals surface area (Å²) in [6.07, 6.45) is 8.47. The van der Waals surface area contributed by atoms with Crippen molar-refractivity contribution in [2.75, 3.05) is 19.6 Å². The molecule has 0 bridgehead atoms. The van der Waals surface area contributed by atoms with Gasteiger partial charge in [-0.3, -0.25) is 9.59 Å². The number of nitrogens with one attached hydrogen (secondary N) is 2. The van der Waals surface area contributed by atoms with E-state index in [-0.39, 0.29) is 11.9 Å². The van der Waals surface area contributed by atoms with Crippen molar-refractivity contribution >= 4 is 23.4 Å². The molecular formula is C24H38N6O2. The molecule has 8 heteroatoms. The summed E-state index contributed by atoms with van der Waals surface area (Å²) in [5.74, 6) is -0.0983. The monoisotopic (exact) mass is 442 g/mol. The molecule has 2 fully saturated rings. The number of hydrogen-bond acceptors (Lipinski definition) is 5. The Morgan fingerprint density at radius 1 is 1.28 bits per heavy atom. The fourth-order valence-corrected chi connectivity index (χ4v) is 3.53. The molecule has 0 aliphatic carbocycles. The number of rotatable bonds is 5. The first-order valence-corrected chi connectivity index (χ1v) is 11.6. The molecule has 8 nitrogen and oxygen atoms in total. The molecule has 2 N–H and O–H groups in total. The molecule has 1 atom stereocenters. The highest BCUT2D eigenvalue weighted by atomic mass is 16.2. The summed E-state index contributed by atoms with van der Waals surface area (Å²) in [5, 5.41) is 14.1. The fourth-order valence-electron chi connectivity index (χ4n) is 3.53. The second-order valence-corrected chi connectivity index (χ2v) is 8.20. The molecular weight excluding hydrogens is 404 g/mol. The van der Waals surface area contributed by atoms with Crippen molar-refractivity contribution < 1.29 is 9.59 Å². The lowest BCUT2D eigenvalue weighted by atomic mass is 10.1. The van der Waals surface area contributed by atoms with Gasteiger partial charge in [-0.25, -0.2) is 4.68 Å². The van der Waals surface area contributed by atoms with Crippen LogP contribution < -0.4 is 10.6 Å². The molecule has 2 saturated heterocycles. The maximum Gasteiger partial charge on any atom is 0.243 e. The molecule has 2 aliphatic rings. The Labute approximate surface area is 191 Å². The Morgan fingerprint density at radius 2 is 2.03 bits per heavy atom. The summed E-state index contributed by atoms with van der Waals surface area (Å²) in [6, 6.07) is 5.46. The van der Waals surface area contributed by atoms with E-state index in [1.54, 1.807) is 9.58 Å². The first kappa shape index (κ1) is 25.5. The summed E-state index contributed by atoms with van der Waals surface area (Å²) in [7, 11) is 1.84. The standard InChI is InChI=1S/C14H17N5O2.C6H12.C4H9N/c1-18-12-5-4-10(7-11(12)16-17-18)8-15-14(21)13-3-2-6-19(13)9-20;1-4-6(3)5-2;1-2-4-5-3-1/h4-5,7,9,13H,2-3,6,8H2,1H3,(H,15,21);4H,5H2,1-3H3;5H,1-4H2/b;6-4-;/t13-;;/m0../s1. The molecule has 1 aromatic carbocycles. The number of nitrogens with zero attached hydrogens (tertiary/aromatic N) is 4. The molecule has 4 rings (SSSR count). The summed E-state index contributed by atoms with van der Waals surface area (Å²) in [6.45, 7) is 9.95. The molecule has 0 radical (unpaired) electrons. The van der Waals surface area contributed by atoms with E-state index in [9.17, 15) is 9.59 Å². The maximum atomic E-state index is 12.1. The smallest absolute Gasteiger partial charge is 0.243 e. The average molecular weight is 443 g/mol. The third kappa shape index (κ3) is 7.75. The first-order chi connectivity index (χ1) is 15.5. The zero-order chi connectivity index (χ0) is 23.3. The predicted octanol–water partition coefficient (Wildman–Crippen LogP) is 2.94. The Bertz CT molecular complexity index is 880. The van der Waals surface area contributed by atoms with Crippen LogP contribution in [0.15, 0.2) is 29.8 Å². The van der Waals surface area contributed by atoms with Crippen molar-refractivity contribution in [3.8, 4) is 0 Å². The highest BCUT2D eigenvalue weighted by Crippen LogP contribution is 2.16. The van der Waals surface area contributed by atoms with Gasteiger partial charge in [-0.15, -0.1) is 5.10 Å². The minimum atomic E-state index is -0.331. The highest BCUT2D eigenvalue weighted by molar-refractivity contribution is 5.84. The van der Waals surface area contributed by atoms with Gasteiger partial charge in [0.1, 0.15) is 11.6 Å². The quantitative estimate of drug-likeness (QED) is 0.549. The largest absolute Gasteiger partial charge is 0.350 e. The third-order valence-corrected chi connectivity index (χ3v) is 5.88. The molecule has 0 unspecified atom stereocenters. The second kappa shape index (κ2) is 13.6. The van der Waals surface area contributed by atoms with Crippen molar-refractivity contribution in [3.63, 3.8) is 0 Å². The van der Waals surface area contributed by atoms with Crippen LogP contribution in [0.4, 0.5) is 0 Å². The van der Waals surface area contributed by atoms with E-state index in [2.05, 4.69) is 47.8 Å². The summed E-state index contributed by atoms with van der Waals surface area (Å²) < 4.78 is 1.71. The Hall–Kier alpha value is -2.74. The summed E-state index contributed by atoms with van der Waals surface area (Å²) >= 11 is 0. The number of aromatic nitrogens is 3. The van der Waals surface area contributed by atoms with Crippen molar-refractivity contribution in [1.82, 2.24) is 30.5 Å². The number of aryl methyl sites for hydroxylation is 1. The predicted molar refractivity (Wildman–Crippen MR) is 128 cm³/mol. The van der Waals surface area contributed by atoms with Crippen LogP contribution in [0.5, 0.6) is 0 Å². The maximum absolute atomic E-state index is 12.1. The molecule has 2 amide bonds. The molecule has 176 valence electrons. The van der Waals surface area contributed by atoms with E-state index >= 15 is 0 Å². The topological polar surface area (TPSA) is 92.2 Å². The van der Waals surface area contributed by atoms with Crippen LogP contribution in [-0.4, -0.2) is 57.9 Å². The fraction of sp³-hybridized carbons (Fsp3) is 0.583. The van der Waals surface area contributed by atoms with Gasteiger partial charge in [0.15, 0.2) is 0 Å². The second-order valence-electron chi connectivity index (χ2n) is 8.20. The van der Waals surface area contributed by atoms with Gasteiger partial charge < -0.3 is 15.5 Å². The number of carbonyl (C=O) groups excluding carboxylic acids is 2. The normalized spacial score (nSPS) is 17.9. The van der Waals surface area contributed by atoms with Crippen LogP contribution in [0.3, 0.4) is 0 Å². The molecule has 0 spiro atoms. The van der Waals surface area contributed by atoms with Crippen molar-refractivity contribution in [1.29, 1.82) is 0 Å². The van der Waals surface area contributed by atoms with Crippen molar-refractivity contribution in [3.05, 3.63) is 35.4 Å². The van der Waals surface area contributed by atoms with Gasteiger partial charge in [-0.1, -0.05) is 29.9 Å². The zero-order valence-electron chi connectivity index (χ0n) is 19.9. The van der Waals surface area contributed by atoms with E-state index in [1.165, 1.54) is 37.9 Å². The number of amides is 2. The lowest BCUT2D eigenvalue weighted by molar-refractivity contribution is -0.131. The molecule has 2 aliphatic heterocycles.